The van der Waals surface area contributed by atoms with Crippen LogP contribution < -0.4 is 4.74 Å². The van der Waals surface area contributed by atoms with Crippen molar-refractivity contribution < 1.29 is 4.74 Å². The summed E-state index contributed by atoms with van der Waals surface area (Å²) < 4.78 is 5.57. The van der Waals surface area contributed by atoms with E-state index in [0.717, 1.165) is 16.9 Å². The summed E-state index contributed by atoms with van der Waals surface area (Å²) in [5, 5.41) is 2.37. The van der Waals surface area contributed by atoms with Crippen molar-refractivity contribution in [1.29, 1.82) is 0 Å². The molecule has 0 atom stereocenters. The van der Waals surface area contributed by atoms with Crippen molar-refractivity contribution in [3.63, 3.8) is 0 Å². The lowest BCUT2D eigenvalue weighted by Crippen LogP contribution is -1.90. The second-order valence-corrected chi connectivity index (χ2v) is 6.91. The van der Waals surface area contributed by atoms with Crippen LogP contribution in [0, 0.1) is 11.8 Å². The minimum atomic E-state index is 0.687. The van der Waals surface area contributed by atoms with Crippen LogP contribution in [0.3, 0.4) is 0 Å². The second kappa shape index (κ2) is 9.83. The van der Waals surface area contributed by atoms with Crippen molar-refractivity contribution in [3.05, 3.63) is 77.4 Å². The number of rotatable bonds is 7. The molecule has 0 amide bonds. The van der Waals surface area contributed by atoms with Crippen LogP contribution in [0.5, 0.6) is 5.75 Å². The molecule has 1 heteroatoms. The van der Waals surface area contributed by atoms with Crippen LogP contribution in [0.1, 0.15) is 56.2 Å². The topological polar surface area (TPSA) is 9.23 Å². The lowest BCUT2D eigenvalue weighted by molar-refractivity contribution is 0.341. The Hall–Kier alpha value is -2.72. The van der Waals surface area contributed by atoms with Gasteiger partial charge in [0, 0.05) is 11.1 Å². The summed E-state index contributed by atoms with van der Waals surface area (Å²) in [7, 11) is 0. The molecule has 3 aromatic carbocycles. The van der Waals surface area contributed by atoms with Gasteiger partial charge < -0.3 is 4.74 Å². The van der Waals surface area contributed by atoms with E-state index in [4.69, 9.17) is 4.74 Å². The SMILES string of the molecule is CCCCCCc1ccc(C#Cc2ccc3cc(OCC)ccc3c2)cc1. The molecule has 0 aliphatic rings. The first-order valence-corrected chi connectivity index (χ1v) is 10.1. The highest BCUT2D eigenvalue weighted by molar-refractivity contribution is 5.85. The maximum atomic E-state index is 5.57. The minimum absolute atomic E-state index is 0.687. The highest BCUT2D eigenvalue weighted by atomic mass is 16.5. The Morgan fingerprint density at radius 2 is 1.41 bits per heavy atom. The van der Waals surface area contributed by atoms with Crippen LogP contribution in [0.15, 0.2) is 60.7 Å². The summed E-state index contributed by atoms with van der Waals surface area (Å²) in [5.41, 5.74) is 3.52. The maximum Gasteiger partial charge on any atom is 0.119 e. The summed E-state index contributed by atoms with van der Waals surface area (Å²) in [6.07, 6.45) is 6.40. The van der Waals surface area contributed by atoms with Crippen molar-refractivity contribution in [2.75, 3.05) is 6.61 Å². The van der Waals surface area contributed by atoms with E-state index in [0.29, 0.717) is 6.61 Å². The van der Waals surface area contributed by atoms with Gasteiger partial charge in [0.1, 0.15) is 5.75 Å². The third-order valence-corrected chi connectivity index (χ3v) is 4.75. The van der Waals surface area contributed by atoms with E-state index < -0.39 is 0 Å². The fraction of sp³-hybridized carbons (Fsp3) is 0.308. The van der Waals surface area contributed by atoms with Crippen LogP contribution in [-0.4, -0.2) is 6.61 Å². The number of aryl methyl sites for hydroxylation is 1. The maximum absolute atomic E-state index is 5.57. The normalized spacial score (nSPS) is 10.4. The Morgan fingerprint density at radius 3 is 2.19 bits per heavy atom. The van der Waals surface area contributed by atoms with Crippen molar-refractivity contribution >= 4 is 10.8 Å². The molecule has 0 unspecified atom stereocenters. The van der Waals surface area contributed by atoms with E-state index in [2.05, 4.69) is 73.4 Å². The highest BCUT2D eigenvalue weighted by Crippen LogP contribution is 2.22. The number of hydrogen-bond acceptors (Lipinski definition) is 1. The molecule has 1 nitrogen and oxygen atoms in total. The fourth-order valence-electron chi connectivity index (χ4n) is 3.21. The lowest BCUT2D eigenvalue weighted by Gasteiger charge is -2.05. The van der Waals surface area contributed by atoms with E-state index in [-0.39, 0.29) is 0 Å². The Kier molecular flexibility index (Phi) is 6.94. The molecule has 3 aromatic rings. The first-order chi connectivity index (χ1) is 13.3. The van der Waals surface area contributed by atoms with Crippen molar-refractivity contribution in [1.82, 2.24) is 0 Å². The molecule has 0 saturated carbocycles. The molecular formula is C26H28O. The van der Waals surface area contributed by atoms with Crippen molar-refractivity contribution in [2.24, 2.45) is 0 Å². The van der Waals surface area contributed by atoms with Gasteiger partial charge in [0.15, 0.2) is 0 Å². The minimum Gasteiger partial charge on any atom is -0.494 e. The number of benzene rings is 3. The summed E-state index contributed by atoms with van der Waals surface area (Å²) in [5.74, 6) is 7.49. The van der Waals surface area contributed by atoms with Crippen LogP contribution in [0.25, 0.3) is 10.8 Å². The van der Waals surface area contributed by atoms with E-state index >= 15 is 0 Å². The van der Waals surface area contributed by atoms with Gasteiger partial charge in [0.25, 0.3) is 0 Å². The van der Waals surface area contributed by atoms with Gasteiger partial charge in [0.2, 0.25) is 0 Å². The predicted octanol–water partition coefficient (Wildman–Crippen LogP) is 6.76. The average Bonchev–Trinajstić information content (AvgIpc) is 2.71. The van der Waals surface area contributed by atoms with Gasteiger partial charge in [0.05, 0.1) is 6.61 Å². The molecule has 0 saturated heterocycles. The summed E-state index contributed by atoms with van der Waals surface area (Å²) in [6.45, 7) is 4.94. The van der Waals surface area contributed by atoms with Gasteiger partial charge >= 0.3 is 0 Å². The fourth-order valence-corrected chi connectivity index (χ4v) is 3.21. The summed E-state index contributed by atoms with van der Waals surface area (Å²) in [6, 6.07) is 21.2. The molecule has 0 aromatic heterocycles. The molecule has 27 heavy (non-hydrogen) atoms. The number of ether oxygens (including phenoxy) is 1. The lowest BCUT2D eigenvalue weighted by atomic mass is 10.0. The third kappa shape index (κ3) is 5.63. The van der Waals surface area contributed by atoms with E-state index in [1.165, 1.54) is 48.4 Å². The molecule has 0 radical (unpaired) electrons. The molecule has 3 rings (SSSR count). The van der Waals surface area contributed by atoms with Gasteiger partial charge in [-0.15, -0.1) is 0 Å². The summed E-state index contributed by atoms with van der Waals surface area (Å²) >= 11 is 0. The zero-order valence-electron chi connectivity index (χ0n) is 16.4. The van der Waals surface area contributed by atoms with Gasteiger partial charge in [-0.3, -0.25) is 0 Å². The zero-order valence-corrected chi connectivity index (χ0v) is 16.4. The quantitative estimate of drug-likeness (QED) is 0.335. The van der Waals surface area contributed by atoms with Crippen molar-refractivity contribution in [3.8, 4) is 17.6 Å². The van der Waals surface area contributed by atoms with Gasteiger partial charge in [-0.05, 0) is 72.5 Å². The molecule has 0 bridgehead atoms. The second-order valence-electron chi connectivity index (χ2n) is 6.91. The van der Waals surface area contributed by atoms with Gasteiger partial charge in [-0.2, -0.15) is 0 Å². The predicted molar refractivity (Wildman–Crippen MR) is 115 cm³/mol. The van der Waals surface area contributed by atoms with Crippen molar-refractivity contribution in [2.45, 2.75) is 46.0 Å². The van der Waals surface area contributed by atoms with Gasteiger partial charge in [-0.1, -0.05) is 62.3 Å². The average molecular weight is 357 g/mol. The highest BCUT2D eigenvalue weighted by Gasteiger charge is 1.98. The molecule has 0 fully saturated rings. The molecular weight excluding hydrogens is 328 g/mol. The third-order valence-electron chi connectivity index (χ3n) is 4.75. The number of hydrogen-bond donors (Lipinski definition) is 0. The standard InChI is InChI=1S/C26H28O/c1-3-5-6-7-8-21-9-11-22(12-10-21)13-14-23-15-16-25-20-26(27-4-2)18-17-24(25)19-23/h9-12,15-20H,3-8H2,1-2H3. The van der Waals surface area contributed by atoms with Crippen LogP contribution in [0.4, 0.5) is 0 Å². The number of unbranched alkanes of at least 4 members (excludes halogenated alkanes) is 3. The zero-order chi connectivity index (χ0) is 18.9. The van der Waals surface area contributed by atoms with E-state index in [9.17, 15) is 0 Å². The molecule has 0 aliphatic carbocycles. The molecule has 0 aliphatic heterocycles. The Morgan fingerprint density at radius 1 is 0.704 bits per heavy atom. The van der Waals surface area contributed by atoms with E-state index in [1.54, 1.807) is 0 Å². The van der Waals surface area contributed by atoms with E-state index in [1.807, 2.05) is 13.0 Å². The molecule has 138 valence electrons. The number of fused-ring (bicyclic) bond motifs is 1. The Labute approximate surface area is 163 Å². The van der Waals surface area contributed by atoms with Crippen LogP contribution >= 0.6 is 0 Å². The summed E-state index contributed by atoms with van der Waals surface area (Å²) in [4.78, 5) is 0. The first kappa shape index (κ1) is 19.1. The smallest absolute Gasteiger partial charge is 0.119 e. The molecule has 0 N–H and O–H groups in total. The van der Waals surface area contributed by atoms with Gasteiger partial charge in [-0.25, -0.2) is 0 Å². The molecule has 0 heterocycles. The van der Waals surface area contributed by atoms with Crippen LogP contribution in [-0.2, 0) is 6.42 Å². The monoisotopic (exact) mass is 356 g/mol. The Balaban J connectivity index is 1.66. The Bertz CT molecular complexity index is 926. The largest absolute Gasteiger partial charge is 0.494 e. The molecule has 0 spiro atoms. The first-order valence-electron chi connectivity index (χ1n) is 10.1. The van der Waals surface area contributed by atoms with Crippen LogP contribution in [0.2, 0.25) is 0 Å².